The number of hydrogen-bond acceptors (Lipinski definition) is 4. The van der Waals surface area contributed by atoms with E-state index in [-0.39, 0.29) is 10.8 Å². The average molecular weight is 331 g/mol. The van der Waals surface area contributed by atoms with E-state index in [0.717, 1.165) is 12.5 Å². The molecule has 0 radical (unpaired) electrons. The molecule has 2 rings (SSSR count). The van der Waals surface area contributed by atoms with Crippen LogP contribution in [0.3, 0.4) is 0 Å². The monoisotopic (exact) mass is 331 g/mol. The second-order valence-electron chi connectivity index (χ2n) is 4.88. The van der Waals surface area contributed by atoms with Crippen LogP contribution in [0.2, 0.25) is 0 Å². The first-order valence-corrected chi connectivity index (χ1v) is 8.19. The van der Waals surface area contributed by atoms with Gasteiger partial charge in [0, 0.05) is 11.3 Å². The first-order valence-electron chi connectivity index (χ1n) is 6.75. The van der Waals surface area contributed by atoms with Gasteiger partial charge in [-0.25, -0.2) is 0 Å². The van der Waals surface area contributed by atoms with E-state index in [9.17, 15) is 18.3 Å². The Morgan fingerprint density at radius 2 is 1.70 bits per heavy atom. The summed E-state index contributed by atoms with van der Waals surface area (Å²) in [7, 11) is -4.00. The first kappa shape index (κ1) is 16.7. The summed E-state index contributed by atoms with van der Waals surface area (Å²) in [5, 5.41) is 13.5. The van der Waals surface area contributed by atoms with Gasteiger partial charge < -0.3 is 10.4 Å². The summed E-state index contributed by atoms with van der Waals surface area (Å²) in [6.45, 7) is 2.89. The highest BCUT2D eigenvalue weighted by Crippen LogP contribution is 2.17. The van der Waals surface area contributed by atoms with Gasteiger partial charge in [0.1, 0.15) is 0 Å². The van der Waals surface area contributed by atoms with E-state index in [4.69, 9.17) is 0 Å². The van der Waals surface area contributed by atoms with Crippen LogP contribution in [-0.2, 0) is 10.0 Å². The van der Waals surface area contributed by atoms with Gasteiger partial charge in [0.2, 0.25) is 0 Å². The third-order valence-corrected chi connectivity index (χ3v) is 4.41. The van der Waals surface area contributed by atoms with Crippen molar-refractivity contribution in [1.29, 1.82) is 0 Å². The number of nitrogens with zero attached hydrogens (tertiary/aromatic N) is 1. The molecule has 1 N–H and O–H groups in total. The molecule has 2 aromatic rings. The lowest BCUT2D eigenvalue weighted by Gasteiger charge is -2.08. The zero-order chi connectivity index (χ0) is 17.0. The summed E-state index contributed by atoms with van der Waals surface area (Å²) in [5.74, 6) is -1.07. The van der Waals surface area contributed by atoms with Crippen LogP contribution in [0.15, 0.2) is 57.8 Å². The fourth-order valence-corrected chi connectivity index (χ4v) is 2.88. The Morgan fingerprint density at radius 3 is 2.26 bits per heavy atom. The Labute approximate surface area is 134 Å². The number of anilines is 1. The van der Waals surface area contributed by atoms with Crippen molar-refractivity contribution in [3.05, 3.63) is 59.7 Å². The van der Waals surface area contributed by atoms with Gasteiger partial charge >= 0.3 is 0 Å². The second-order valence-corrected chi connectivity index (χ2v) is 6.48. The van der Waals surface area contributed by atoms with E-state index < -0.39 is 15.9 Å². The number of benzene rings is 2. The fourth-order valence-electron chi connectivity index (χ4n) is 1.96. The molecule has 1 amide bonds. The van der Waals surface area contributed by atoms with Crippen LogP contribution >= 0.6 is 0 Å². The topological polar surface area (TPSA) is 98.7 Å². The molecule has 2 aromatic carbocycles. The lowest BCUT2D eigenvalue weighted by atomic mass is 10.1. The standard InChI is InChI=1S/C16H16N2O4S/c1-11-5-3-4-6-15(11)16(20)17-13-7-9-14(10-8-13)23(21,22)18-12(2)19/h3-10H,1-2H3,(H,17,20)(H,18,19)/p-1. The van der Waals surface area contributed by atoms with Crippen molar-refractivity contribution in [2.24, 2.45) is 4.40 Å². The molecule has 7 heteroatoms. The Hall–Kier alpha value is -2.67. The number of carbonyl (C=O) groups is 1. The van der Waals surface area contributed by atoms with E-state index >= 15 is 0 Å². The Morgan fingerprint density at radius 1 is 1.09 bits per heavy atom. The van der Waals surface area contributed by atoms with Gasteiger partial charge in [0.05, 0.1) is 4.90 Å². The van der Waals surface area contributed by atoms with E-state index in [2.05, 4.69) is 9.71 Å². The highest BCUT2D eigenvalue weighted by Gasteiger charge is 2.13. The van der Waals surface area contributed by atoms with Gasteiger partial charge in [-0.3, -0.25) is 4.79 Å². The Bertz CT molecular complexity index is 852. The van der Waals surface area contributed by atoms with Crippen molar-refractivity contribution in [2.75, 3.05) is 5.32 Å². The number of nitrogens with one attached hydrogen (secondary N) is 1. The summed E-state index contributed by atoms with van der Waals surface area (Å²) in [4.78, 5) is 12.1. The molecule has 0 aromatic heterocycles. The van der Waals surface area contributed by atoms with E-state index in [1.807, 2.05) is 19.1 Å². The van der Waals surface area contributed by atoms with Gasteiger partial charge in [0.15, 0.2) is 0 Å². The number of aryl methyl sites for hydroxylation is 1. The molecule has 23 heavy (non-hydrogen) atoms. The SMILES string of the molecule is CC([O-])=NS(=O)(=O)c1ccc(NC(=O)c2ccccc2C)cc1. The molecule has 0 saturated heterocycles. The molecule has 0 saturated carbocycles. The summed E-state index contributed by atoms with van der Waals surface area (Å²) in [5.41, 5.74) is 1.82. The first-order chi connectivity index (χ1) is 10.8. The lowest BCUT2D eigenvalue weighted by molar-refractivity contribution is -0.215. The normalized spacial score (nSPS) is 12.0. The zero-order valence-corrected chi connectivity index (χ0v) is 13.4. The smallest absolute Gasteiger partial charge is 0.281 e. The molecule has 120 valence electrons. The molecule has 0 aliphatic rings. The molecule has 0 bridgehead atoms. The number of carbonyl (C=O) groups excluding carboxylic acids is 1. The third kappa shape index (κ3) is 4.17. The van der Waals surface area contributed by atoms with Crippen LogP contribution in [0, 0.1) is 6.92 Å². The van der Waals surface area contributed by atoms with Crippen molar-refractivity contribution in [2.45, 2.75) is 18.7 Å². The molecule has 0 fully saturated rings. The van der Waals surface area contributed by atoms with Crippen LogP contribution in [-0.4, -0.2) is 20.2 Å². The van der Waals surface area contributed by atoms with Crippen LogP contribution in [0.1, 0.15) is 22.8 Å². The predicted octanol–water partition coefficient (Wildman–Crippen LogP) is 1.71. The van der Waals surface area contributed by atoms with Crippen molar-refractivity contribution in [3.63, 3.8) is 0 Å². The highest BCUT2D eigenvalue weighted by molar-refractivity contribution is 7.90. The molecular formula is C16H15N2O4S-. The maximum atomic E-state index is 12.2. The van der Waals surface area contributed by atoms with Gasteiger partial charge in [-0.05, 0) is 55.6 Å². The van der Waals surface area contributed by atoms with Crippen molar-refractivity contribution < 1.29 is 18.3 Å². The van der Waals surface area contributed by atoms with Gasteiger partial charge in [-0.2, -0.15) is 12.8 Å². The number of hydrogen-bond donors (Lipinski definition) is 1. The van der Waals surface area contributed by atoms with Crippen LogP contribution in [0.4, 0.5) is 5.69 Å². The van der Waals surface area contributed by atoms with Gasteiger partial charge in [-0.1, -0.05) is 18.2 Å². The summed E-state index contributed by atoms with van der Waals surface area (Å²) >= 11 is 0. The minimum Gasteiger partial charge on any atom is -0.861 e. The van der Waals surface area contributed by atoms with Crippen molar-refractivity contribution in [1.82, 2.24) is 0 Å². The minimum absolute atomic E-state index is 0.110. The molecule has 0 spiro atoms. The zero-order valence-electron chi connectivity index (χ0n) is 12.6. The van der Waals surface area contributed by atoms with E-state index in [0.29, 0.717) is 11.3 Å². The van der Waals surface area contributed by atoms with Crippen LogP contribution < -0.4 is 10.4 Å². The van der Waals surface area contributed by atoms with E-state index in [1.165, 1.54) is 24.3 Å². The summed E-state index contributed by atoms with van der Waals surface area (Å²) in [6.07, 6.45) is 0. The number of amides is 1. The largest absolute Gasteiger partial charge is 0.861 e. The molecule has 0 heterocycles. The molecule has 6 nitrogen and oxygen atoms in total. The lowest BCUT2D eigenvalue weighted by Crippen LogP contribution is -2.15. The maximum Gasteiger partial charge on any atom is 0.281 e. The van der Waals surface area contributed by atoms with Gasteiger partial charge in [-0.15, -0.1) is 0 Å². The second kappa shape index (κ2) is 6.62. The van der Waals surface area contributed by atoms with Crippen molar-refractivity contribution in [3.8, 4) is 0 Å². The maximum absolute atomic E-state index is 12.2. The summed E-state index contributed by atoms with van der Waals surface area (Å²) in [6, 6.07) is 12.6. The molecular weight excluding hydrogens is 316 g/mol. The summed E-state index contributed by atoms with van der Waals surface area (Å²) < 4.78 is 26.6. The van der Waals surface area contributed by atoms with E-state index in [1.54, 1.807) is 12.1 Å². The minimum atomic E-state index is -4.00. The molecule has 0 aliphatic carbocycles. The number of sulfonamides is 1. The fraction of sp³-hybridized carbons (Fsp3) is 0.125. The van der Waals surface area contributed by atoms with Crippen LogP contribution in [0.5, 0.6) is 0 Å². The Balaban J connectivity index is 2.20. The van der Waals surface area contributed by atoms with Crippen LogP contribution in [0.25, 0.3) is 0 Å². The third-order valence-electron chi connectivity index (χ3n) is 3.05. The molecule has 0 atom stereocenters. The van der Waals surface area contributed by atoms with Crippen molar-refractivity contribution >= 4 is 27.5 Å². The number of rotatable bonds is 4. The quantitative estimate of drug-likeness (QED) is 0.681. The molecule has 0 aliphatic heterocycles. The van der Waals surface area contributed by atoms with Gasteiger partial charge in [0.25, 0.3) is 15.9 Å². The Kier molecular flexibility index (Phi) is 4.80. The predicted molar refractivity (Wildman–Crippen MR) is 85.9 cm³/mol. The average Bonchev–Trinajstić information content (AvgIpc) is 2.47. The molecule has 0 unspecified atom stereocenters. The highest BCUT2D eigenvalue weighted by atomic mass is 32.2.